The van der Waals surface area contributed by atoms with Gasteiger partial charge in [-0.2, -0.15) is 0 Å². The minimum absolute atomic E-state index is 0.0115. The Balaban J connectivity index is 1.50. The monoisotopic (exact) mass is 484 g/mol. The molecule has 0 radical (unpaired) electrons. The van der Waals surface area contributed by atoms with E-state index in [0.717, 1.165) is 25.7 Å². The highest BCUT2D eigenvalue weighted by Crippen LogP contribution is 2.46. The molecule has 0 spiro atoms. The minimum Gasteiger partial charge on any atom is -0.464 e. The first-order valence-electron chi connectivity index (χ1n) is 14.2. The quantitative estimate of drug-likeness (QED) is 0.235. The predicted molar refractivity (Wildman–Crippen MR) is 151 cm³/mol. The Kier molecular flexibility index (Phi) is 9.61. The van der Waals surface area contributed by atoms with Gasteiger partial charge in [0.1, 0.15) is 6.61 Å². The molecule has 0 saturated heterocycles. The van der Waals surface area contributed by atoms with Gasteiger partial charge in [-0.05, 0) is 92.4 Å². The van der Waals surface area contributed by atoms with Gasteiger partial charge in [0.15, 0.2) is 0 Å². The van der Waals surface area contributed by atoms with Crippen LogP contribution < -0.4 is 0 Å². The third-order valence-electron chi connectivity index (χ3n) is 8.68. The van der Waals surface area contributed by atoms with Gasteiger partial charge in [0.25, 0.3) is 0 Å². The standard InChI is InChI=1S/C34H44O2/c1-4-6-8-16-25(3)26-17-10-11-18-27(26)32(23-9-7-5-2)34(35)36-24-33-30-21-14-12-19-28(30)29-20-13-15-22-31(29)33/h4-7,12-15,19-22,25-27,32-33H,8-11,16-18,23-24H2,1-3H3. The maximum absolute atomic E-state index is 13.8. The number of rotatable bonds is 11. The molecule has 0 amide bonds. The van der Waals surface area contributed by atoms with Crippen molar-refractivity contribution in [1.29, 1.82) is 0 Å². The molecule has 2 aromatic rings. The molecule has 1 saturated carbocycles. The van der Waals surface area contributed by atoms with Crippen LogP contribution in [0.1, 0.15) is 89.2 Å². The van der Waals surface area contributed by atoms with Crippen LogP contribution in [0.3, 0.4) is 0 Å². The van der Waals surface area contributed by atoms with E-state index in [2.05, 4.69) is 93.6 Å². The highest BCUT2D eigenvalue weighted by atomic mass is 16.5. The predicted octanol–water partition coefficient (Wildman–Crippen LogP) is 9.11. The normalized spacial score (nSPS) is 21.4. The fourth-order valence-corrected chi connectivity index (χ4v) is 6.80. The van der Waals surface area contributed by atoms with Crippen LogP contribution in [-0.2, 0) is 9.53 Å². The molecular formula is C34H44O2. The van der Waals surface area contributed by atoms with E-state index in [1.54, 1.807) is 0 Å². The molecule has 2 aliphatic carbocycles. The summed E-state index contributed by atoms with van der Waals surface area (Å²) in [5, 5.41) is 0. The summed E-state index contributed by atoms with van der Waals surface area (Å²) in [6.45, 7) is 7.01. The lowest BCUT2D eigenvalue weighted by Crippen LogP contribution is -2.36. The van der Waals surface area contributed by atoms with Crippen molar-refractivity contribution < 1.29 is 9.53 Å². The number of hydrogen-bond acceptors (Lipinski definition) is 2. The highest BCUT2D eigenvalue weighted by molar-refractivity contribution is 5.79. The minimum atomic E-state index is -0.0115. The van der Waals surface area contributed by atoms with Crippen molar-refractivity contribution in [3.8, 4) is 11.1 Å². The van der Waals surface area contributed by atoms with E-state index in [-0.39, 0.29) is 17.8 Å². The molecule has 2 aromatic carbocycles. The van der Waals surface area contributed by atoms with Gasteiger partial charge < -0.3 is 4.74 Å². The summed E-state index contributed by atoms with van der Waals surface area (Å²) in [7, 11) is 0. The van der Waals surface area contributed by atoms with Crippen molar-refractivity contribution >= 4 is 5.97 Å². The van der Waals surface area contributed by atoms with E-state index in [0.29, 0.717) is 24.4 Å². The third-order valence-corrected chi connectivity index (χ3v) is 8.68. The SMILES string of the molecule is CC=CCCC(C)C1CCCCC1C(CCC=CC)C(=O)OCC1c2ccccc2-c2ccccc21. The molecule has 2 heteroatoms. The van der Waals surface area contributed by atoms with Gasteiger partial charge >= 0.3 is 5.97 Å². The summed E-state index contributed by atoms with van der Waals surface area (Å²) in [4.78, 5) is 13.8. The zero-order chi connectivity index (χ0) is 25.3. The summed E-state index contributed by atoms with van der Waals surface area (Å²) in [5.41, 5.74) is 5.12. The summed E-state index contributed by atoms with van der Waals surface area (Å²) >= 11 is 0. The second kappa shape index (κ2) is 13.1. The highest BCUT2D eigenvalue weighted by Gasteiger charge is 2.39. The molecule has 36 heavy (non-hydrogen) atoms. The number of ether oxygens (including phenoxy) is 1. The summed E-state index contributed by atoms with van der Waals surface area (Å²) in [6, 6.07) is 17.2. The van der Waals surface area contributed by atoms with Crippen LogP contribution in [0, 0.1) is 23.7 Å². The number of carbonyl (C=O) groups is 1. The molecule has 0 aromatic heterocycles. The second-order valence-electron chi connectivity index (χ2n) is 10.8. The van der Waals surface area contributed by atoms with E-state index < -0.39 is 0 Å². The molecular weight excluding hydrogens is 440 g/mol. The number of benzene rings is 2. The molecule has 4 unspecified atom stereocenters. The zero-order valence-electron chi connectivity index (χ0n) is 22.5. The maximum atomic E-state index is 13.8. The van der Waals surface area contributed by atoms with Gasteiger partial charge in [-0.15, -0.1) is 0 Å². The van der Waals surface area contributed by atoms with Crippen molar-refractivity contribution in [2.75, 3.05) is 6.61 Å². The lowest BCUT2D eigenvalue weighted by atomic mass is 9.66. The van der Waals surface area contributed by atoms with E-state index in [1.165, 1.54) is 47.9 Å². The van der Waals surface area contributed by atoms with Gasteiger partial charge in [-0.1, -0.05) is 92.6 Å². The molecule has 0 aliphatic heterocycles. The topological polar surface area (TPSA) is 26.3 Å². The van der Waals surface area contributed by atoms with Crippen LogP contribution in [0.4, 0.5) is 0 Å². The first kappa shape index (κ1) is 26.5. The van der Waals surface area contributed by atoms with E-state index in [9.17, 15) is 4.79 Å². The maximum Gasteiger partial charge on any atom is 0.309 e. The number of fused-ring (bicyclic) bond motifs is 3. The average Bonchev–Trinajstić information content (AvgIpc) is 3.23. The zero-order valence-corrected chi connectivity index (χ0v) is 22.5. The van der Waals surface area contributed by atoms with Crippen LogP contribution in [0.2, 0.25) is 0 Å². The van der Waals surface area contributed by atoms with Crippen molar-refractivity contribution in [3.63, 3.8) is 0 Å². The van der Waals surface area contributed by atoms with Gasteiger partial charge in [0.2, 0.25) is 0 Å². The Morgan fingerprint density at radius 1 is 0.861 bits per heavy atom. The Morgan fingerprint density at radius 2 is 1.42 bits per heavy atom. The number of esters is 1. The number of hydrogen-bond donors (Lipinski definition) is 0. The van der Waals surface area contributed by atoms with Gasteiger partial charge in [-0.25, -0.2) is 0 Å². The Hall–Kier alpha value is -2.61. The molecule has 1 fully saturated rings. The van der Waals surface area contributed by atoms with Crippen molar-refractivity contribution in [2.24, 2.45) is 23.7 Å². The van der Waals surface area contributed by atoms with Crippen LogP contribution in [0.15, 0.2) is 72.8 Å². The van der Waals surface area contributed by atoms with Gasteiger partial charge in [-0.3, -0.25) is 4.79 Å². The fraction of sp³-hybridized carbons (Fsp3) is 0.500. The molecule has 2 aliphatic rings. The number of carbonyl (C=O) groups excluding carboxylic acids is 1. The van der Waals surface area contributed by atoms with E-state index in [1.807, 2.05) is 0 Å². The molecule has 4 rings (SSSR count). The van der Waals surface area contributed by atoms with Crippen LogP contribution in [-0.4, -0.2) is 12.6 Å². The van der Waals surface area contributed by atoms with Gasteiger partial charge in [0.05, 0.1) is 5.92 Å². The lowest BCUT2D eigenvalue weighted by molar-refractivity contribution is -0.153. The summed E-state index contributed by atoms with van der Waals surface area (Å²) in [5.74, 6) is 1.82. The van der Waals surface area contributed by atoms with Crippen molar-refractivity contribution in [2.45, 2.75) is 78.1 Å². The van der Waals surface area contributed by atoms with Crippen LogP contribution in [0.5, 0.6) is 0 Å². The van der Waals surface area contributed by atoms with Crippen LogP contribution >= 0.6 is 0 Å². The Bertz CT molecular complexity index is 1000. The first-order valence-corrected chi connectivity index (χ1v) is 14.2. The molecule has 2 nitrogen and oxygen atoms in total. The molecule has 0 bridgehead atoms. The van der Waals surface area contributed by atoms with Crippen molar-refractivity contribution in [1.82, 2.24) is 0 Å². The van der Waals surface area contributed by atoms with Crippen molar-refractivity contribution in [3.05, 3.63) is 84.0 Å². The summed E-state index contributed by atoms with van der Waals surface area (Å²) in [6.07, 6.45) is 17.9. The molecule has 4 atom stereocenters. The van der Waals surface area contributed by atoms with Gasteiger partial charge in [0, 0.05) is 5.92 Å². The third kappa shape index (κ3) is 6.02. The Morgan fingerprint density at radius 3 is 2.03 bits per heavy atom. The number of allylic oxidation sites excluding steroid dienone is 4. The molecule has 0 heterocycles. The smallest absolute Gasteiger partial charge is 0.309 e. The first-order chi connectivity index (χ1) is 17.7. The largest absolute Gasteiger partial charge is 0.464 e. The summed E-state index contributed by atoms with van der Waals surface area (Å²) < 4.78 is 6.24. The Labute approximate surface area is 218 Å². The van der Waals surface area contributed by atoms with E-state index in [4.69, 9.17) is 4.74 Å². The van der Waals surface area contributed by atoms with E-state index >= 15 is 0 Å². The second-order valence-corrected chi connectivity index (χ2v) is 10.8. The van der Waals surface area contributed by atoms with Crippen LogP contribution in [0.25, 0.3) is 11.1 Å². The average molecular weight is 485 g/mol. The molecule has 0 N–H and O–H groups in total. The lowest BCUT2D eigenvalue weighted by Gasteiger charge is -2.39. The fourth-order valence-electron chi connectivity index (χ4n) is 6.80. The molecule has 192 valence electrons.